The Morgan fingerprint density at radius 2 is 1.70 bits per heavy atom. The molecule has 0 spiro atoms. The molecule has 5 nitrogen and oxygen atoms in total. The second-order valence-corrected chi connectivity index (χ2v) is 11.7. The lowest BCUT2D eigenvalue weighted by Gasteiger charge is -2.26. The van der Waals surface area contributed by atoms with Crippen LogP contribution in [0, 0.1) is 0 Å². The number of hydrogen-bond donors (Lipinski definition) is 2. The standard InChI is InChI=1S/C16H21NO.C15H17ClN2OS.C2H6/c1-16(2,17-9-10-18)12-13-7-8-14-5-3-4-6-15(14)11-13;1-19-20-13-4-5-14-11(9-13)8-12(15(16)17-14)10-18-6-2-3-7-18;1-2/h3-8,11,17-18H,9-10,12H2,1-2H3;4-5,8-9H,2-3,6-7,10H2,1H3;1-2H3. The number of nitrogens with zero attached hydrogens (tertiary/aromatic N) is 2. The number of aromatic nitrogens is 1. The summed E-state index contributed by atoms with van der Waals surface area (Å²) in [6.07, 6.45) is 3.53. The number of likely N-dealkylation sites (tertiary alicyclic amines) is 1. The highest BCUT2D eigenvalue weighted by molar-refractivity contribution is 7.94. The summed E-state index contributed by atoms with van der Waals surface area (Å²) in [6, 6.07) is 23.3. The third-order valence-corrected chi connectivity index (χ3v) is 7.70. The minimum atomic E-state index is 0.00515. The third-order valence-electron chi connectivity index (χ3n) is 6.76. The molecule has 0 aliphatic carbocycles. The molecule has 1 aliphatic rings. The van der Waals surface area contributed by atoms with Gasteiger partial charge in [0, 0.05) is 46.5 Å². The van der Waals surface area contributed by atoms with Crippen molar-refractivity contribution in [3.8, 4) is 0 Å². The quantitative estimate of drug-likeness (QED) is 0.155. The normalized spacial score (nSPS) is 13.6. The first kappa shape index (κ1) is 32.3. The summed E-state index contributed by atoms with van der Waals surface area (Å²) in [7, 11) is 1.67. The summed E-state index contributed by atoms with van der Waals surface area (Å²) in [5.74, 6) is 0. The summed E-state index contributed by atoms with van der Waals surface area (Å²) in [6.45, 7) is 12.4. The Hall–Kier alpha value is -2.19. The summed E-state index contributed by atoms with van der Waals surface area (Å²) < 4.78 is 5.10. The Kier molecular flexibility index (Phi) is 13.2. The highest BCUT2D eigenvalue weighted by Gasteiger charge is 2.17. The van der Waals surface area contributed by atoms with Crippen LogP contribution < -0.4 is 5.32 Å². The summed E-state index contributed by atoms with van der Waals surface area (Å²) in [5, 5.41) is 16.5. The van der Waals surface area contributed by atoms with Crippen molar-refractivity contribution in [3.05, 3.63) is 83.0 Å². The molecule has 2 heterocycles. The van der Waals surface area contributed by atoms with Crippen LogP contribution >= 0.6 is 23.6 Å². The van der Waals surface area contributed by atoms with E-state index in [2.05, 4.69) is 83.6 Å². The summed E-state index contributed by atoms with van der Waals surface area (Å²) >= 11 is 7.68. The van der Waals surface area contributed by atoms with Gasteiger partial charge in [-0.05, 0) is 86.8 Å². The number of β-amino-alcohol motifs (C(OH)–C–C–N with tert-alkyl or cyclic N) is 1. The number of aliphatic hydroxyl groups excluding tert-OH is 1. The first-order chi connectivity index (χ1) is 19.4. The summed E-state index contributed by atoms with van der Waals surface area (Å²) in [5.41, 5.74) is 3.37. The van der Waals surface area contributed by atoms with E-state index < -0.39 is 0 Å². The molecule has 2 N–H and O–H groups in total. The number of aliphatic hydroxyl groups is 1. The second-order valence-electron chi connectivity index (χ2n) is 10.4. The number of fused-ring (bicyclic) bond motifs is 2. The first-order valence-electron chi connectivity index (χ1n) is 14.2. The van der Waals surface area contributed by atoms with E-state index in [9.17, 15) is 0 Å². The Morgan fingerprint density at radius 1 is 0.975 bits per heavy atom. The van der Waals surface area contributed by atoms with Gasteiger partial charge < -0.3 is 14.6 Å². The van der Waals surface area contributed by atoms with Crippen molar-refractivity contribution in [1.29, 1.82) is 0 Å². The number of pyridine rings is 1. The minimum Gasteiger partial charge on any atom is -0.395 e. The fraction of sp³-hybridized carbons (Fsp3) is 0.424. The van der Waals surface area contributed by atoms with Crippen molar-refractivity contribution >= 4 is 45.3 Å². The van der Waals surface area contributed by atoms with Gasteiger partial charge in [-0.2, -0.15) is 0 Å². The molecule has 1 saturated heterocycles. The molecule has 5 rings (SSSR count). The largest absolute Gasteiger partial charge is 0.395 e. The minimum absolute atomic E-state index is 0.00515. The lowest BCUT2D eigenvalue weighted by Crippen LogP contribution is -2.42. The Morgan fingerprint density at radius 3 is 2.40 bits per heavy atom. The van der Waals surface area contributed by atoms with Gasteiger partial charge in [0.1, 0.15) is 5.15 Å². The topological polar surface area (TPSA) is 57.6 Å². The zero-order valence-electron chi connectivity index (χ0n) is 24.5. The monoisotopic (exact) mass is 581 g/mol. The molecular formula is C33H44ClN3O2S. The lowest BCUT2D eigenvalue weighted by molar-refractivity contribution is 0.265. The van der Waals surface area contributed by atoms with E-state index in [0.717, 1.165) is 47.4 Å². The number of nitrogens with one attached hydrogen (secondary N) is 1. The Bertz CT molecular complexity index is 1340. The first-order valence-corrected chi connectivity index (χ1v) is 15.3. The molecule has 216 valence electrons. The van der Waals surface area contributed by atoms with Crippen LogP contribution in [0.4, 0.5) is 0 Å². The van der Waals surface area contributed by atoms with Crippen molar-refractivity contribution in [3.63, 3.8) is 0 Å². The van der Waals surface area contributed by atoms with Gasteiger partial charge in [-0.25, -0.2) is 4.98 Å². The molecule has 7 heteroatoms. The van der Waals surface area contributed by atoms with E-state index >= 15 is 0 Å². The molecule has 4 aromatic rings. The lowest BCUT2D eigenvalue weighted by atomic mass is 9.93. The van der Waals surface area contributed by atoms with Gasteiger partial charge in [-0.15, -0.1) is 0 Å². The molecule has 1 fully saturated rings. The van der Waals surface area contributed by atoms with Crippen LogP contribution in [-0.2, 0) is 17.1 Å². The predicted molar refractivity (Wildman–Crippen MR) is 172 cm³/mol. The molecule has 0 radical (unpaired) electrons. The molecule has 40 heavy (non-hydrogen) atoms. The maximum Gasteiger partial charge on any atom is 0.134 e. The molecular weight excluding hydrogens is 538 g/mol. The number of hydrogen-bond acceptors (Lipinski definition) is 6. The van der Waals surface area contributed by atoms with Gasteiger partial charge in [0.15, 0.2) is 0 Å². The van der Waals surface area contributed by atoms with E-state index in [-0.39, 0.29) is 12.1 Å². The highest BCUT2D eigenvalue weighted by Crippen LogP contribution is 2.27. The van der Waals surface area contributed by atoms with Gasteiger partial charge >= 0.3 is 0 Å². The van der Waals surface area contributed by atoms with E-state index in [0.29, 0.717) is 11.7 Å². The van der Waals surface area contributed by atoms with Crippen LogP contribution in [0.15, 0.2) is 71.6 Å². The Labute approximate surface area is 249 Å². The maximum absolute atomic E-state index is 8.87. The SMILES string of the molecule is CC.CC(C)(Cc1ccc2ccccc2c1)NCCO.COSc1ccc2nc(Cl)c(CN3CCCC3)cc2c1. The maximum atomic E-state index is 8.87. The molecule has 1 aromatic heterocycles. The number of benzene rings is 3. The van der Waals surface area contributed by atoms with Gasteiger partial charge in [-0.3, -0.25) is 4.90 Å². The van der Waals surface area contributed by atoms with E-state index in [4.69, 9.17) is 20.9 Å². The van der Waals surface area contributed by atoms with E-state index in [1.54, 1.807) is 7.11 Å². The van der Waals surface area contributed by atoms with Crippen LogP contribution in [0.5, 0.6) is 0 Å². The molecule has 0 unspecified atom stereocenters. The number of halogens is 1. The molecule has 3 aromatic carbocycles. The number of rotatable bonds is 9. The summed E-state index contributed by atoms with van der Waals surface area (Å²) in [4.78, 5) is 8.02. The van der Waals surface area contributed by atoms with Crippen LogP contribution in [0.25, 0.3) is 21.7 Å². The van der Waals surface area contributed by atoms with Gasteiger partial charge in [-0.1, -0.05) is 67.9 Å². The van der Waals surface area contributed by atoms with Crippen molar-refractivity contribution in [1.82, 2.24) is 15.2 Å². The predicted octanol–water partition coefficient (Wildman–Crippen LogP) is 7.91. The van der Waals surface area contributed by atoms with Gasteiger partial charge in [0.2, 0.25) is 0 Å². The van der Waals surface area contributed by atoms with Crippen molar-refractivity contribution in [2.24, 2.45) is 0 Å². The van der Waals surface area contributed by atoms with Gasteiger partial charge in [0.25, 0.3) is 0 Å². The van der Waals surface area contributed by atoms with Crippen molar-refractivity contribution in [2.45, 2.75) is 63.9 Å². The van der Waals surface area contributed by atoms with E-state index in [1.165, 1.54) is 41.2 Å². The van der Waals surface area contributed by atoms with Crippen molar-refractivity contribution < 1.29 is 9.29 Å². The van der Waals surface area contributed by atoms with Crippen LogP contribution in [0.3, 0.4) is 0 Å². The fourth-order valence-corrected chi connectivity index (χ4v) is 5.63. The highest BCUT2D eigenvalue weighted by atomic mass is 35.5. The van der Waals surface area contributed by atoms with Gasteiger partial charge in [0.05, 0.1) is 19.2 Å². The molecule has 0 amide bonds. The van der Waals surface area contributed by atoms with Crippen LogP contribution in [0.2, 0.25) is 5.15 Å². The second kappa shape index (κ2) is 16.3. The zero-order chi connectivity index (χ0) is 29.0. The zero-order valence-corrected chi connectivity index (χ0v) is 26.1. The smallest absolute Gasteiger partial charge is 0.134 e. The van der Waals surface area contributed by atoms with E-state index in [1.807, 2.05) is 26.0 Å². The average molecular weight is 582 g/mol. The molecule has 0 saturated carbocycles. The fourth-order valence-electron chi connectivity index (χ4n) is 4.93. The van der Waals surface area contributed by atoms with Crippen LogP contribution in [-0.4, -0.2) is 53.9 Å². The molecule has 1 aliphatic heterocycles. The molecule has 0 atom stereocenters. The van der Waals surface area contributed by atoms with Crippen LogP contribution in [0.1, 0.15) is 51.7 Å². The third kappa shape index (κ3) is 9.72. The Balaban J connectivity index is 0.000000209. The average Bonchev–Trinajstić information content (AvgIpc) is 3.47. The molecule has 0 bridgehead atoms. The van der Waals surface area contributed by atoms with Crippen molar-refractivity contribution in [2.75, 3.05) is 33.4 Å².